The Morgan fingerprint density at radius 3 is 2.20 bits per heavy atom. The Labute approximate surface area is 310 Å². The Balaban J connectivity index is 1.28. The van der Waals surface area contributed by atoms with Crippen molar-refractivity contribution in [2.45, 2.75) is 128 Å². The van der Waals surface area contributed by atoms with Gasteiger partial charge in [-0.25, -0.2) is 18.0 Å². The molecular formula is C38H47F5N2O9. The average molecular weight is 771 g/mol. The first-order valence-electron chi connectivity index (χ1n) is 17.7. The SMILES string of the molecule is CC(=O)O[C@@H](C)/C=C\C(=O)N[C@@H]1C[C@H](C)[C@H](C/C=C(C)/C=C/[C@@H]2C[C@]3(CO3)C[C@@H](CC(=O)NC(C)(C)C(=O)Oc3c(F)c(F)c(F)c(F)c3F)O2)O[C@@H]1C. The maximum absolute atomic E-state index is 14.1. The van der Waals surface area contributed by atoms with Crippen LogP contribution in [0.1, 0.15) is 80.6 Å². The lowest BCUT2D eigenvalue weighted by molar-refractivity contribution is -0.145. The highest BCUT2D eigenvalue weighted by Crippen LogP contribution is 2.43. The smallest absolute Gasteiger partial charge is 0.336 e. The molecule has 2 N–H and O–H groups in total. The lowest BCUT2D eigenvalue weighted by Gasteiger charge is -2.39. The number of hydrogen-bond donors (Lipinski definition) is 2. The number of nitrogens with one attached hydrogen (secondary N) is 2. The summed E-state index contributed by atoms with van der Waals surface area (Å²) in [6.07, 6.45) is 8.91. The van der Waals surface area contributed by atoms with Crippen molar-refractivity contribution in [2.24, 2.45) is 5.92 Å². The summed E-state index contributed by atoms with van der Waals surface area (Å²) in [7, 11) is 0. The number of carbonyl (C=O) groups is 4. The van der Waals surface area contributed by atoms with E-state index in [0.717, 1.165) is 19.4 Å². The number of benzene rings is 1. The number of allylic oxidation sites excluding steroid dienone is 2. The van der Waals surface area contributed by atoms with Crippen LogP contribution in [-0.4, -0.2) is 78.1 Å². The summed E-state index contributed by atoms with van der Waals surface area (Å²) < 4.78 is 96.3. The molecule has 298 valence electrons. The lowest BCUT2D eigenvalue weighted by Crippen LogP contribution is -2.53. The molecule has 0 radical (unpaired) electrons. The van der Waals surface area contributed by atoms with E-state index in [4.69, 9.17) is 18.9 Å². The van der Waals surface area contributed by atoms with E-state index >= 15 is 0 Å². The van der Waals surface area contributed by atoms with Crippen LogP contribution in [0.25, 0.3) is 0 Å². The fraction of sp³-hybridized carbons (Fsp3) is 0.579. The van der Waals surface area contributed by atoms with Crippen LogP contribution in [0.5, 0.6) is 5.75 Å². The predicted molar refractivity (Wildman–Crippen MR) is 183 cm³/mol. The number of epoxide rings is 1. The van der Waals surface area contributed by atoms with Gasteiger partial charge in [0.1, 0.15) is 11.6 Å². The van der Waals surface area contributed by atoms with E-state index < -0.39 is 82.1 Å². The summed E-state index contributed by atoms with van der Waals surface area (Å²) in [5.41, 5.74) is -1.44. The average Bonchev–Trinajstić information content (AvgIpc) is 3.83. The van der Waals surface area contributed by atoms with Gasteiger partial charge in [0.05, 0.1) is 49.1 Å². The summed E-state index contributed by atoms with van der Waals surface area (Å²) in [5, 5.41) is 5.34. The highest BCUT2D eigenvalue weighted by atomic mass is 19.2. The molecule has 1 spiro atoms. The minimum Gasteiger partial charge on any atom is -0.459 e. The third-order valence-corrected chi connectivity index (χ3v) is 9.49. The summed E-state index contributed by atoms with van der Waals surface area (Å²) in [6.45, 7) is 11.7. The molecule has 0 aliphatic carbocycles. The van der Waals surface area contributed by atoms with E-state index in [9.17, 15) is 41.1 Å². The normalized spacial score (nSPS) is 27.9. The van der Waals surface area contributed by atoms with Crippen molar-refractivity contribution in [1.29, 1.82) is 0 Å². The van der Waals surface area contributed by atoms with Crippen molar-refractivity contribution in [1.82, 2.24) is 10.6 Å². The minimum absolute atomic E-state index is 0.0782. The van der Waals surface area contributed by atoms with Crippen LogP contribution >= 0.6 is 0 Å². The van der Waals surface area contributed by atoms with Gasteiger partial charge in [0, 0.05) is 25.8 Å². The zero-order chi connectivity index (χ0) is 40.1. The van der Waals surface area contributed by atoms with Crippen LogP contribution in [0.4, 0.5) is 22.0 Å². The quantitative estimate of drug-likeness (QED) is 0.0384. The fourth-order valence-electron chi connectivity index (χ4n) is 6.43. The molecule has 0 bridgehead atoms. The molecule has 11 nitrogen and oxygen atoms in total. The zero-order valence-electron chi connectivity index (χ0n) is 31.2. The highest BCUT2D eigenvalue weighted by Gasteiger charge is 2.51. The molecule has 8 atom stereocenters. The topological polar surface area (TPSA) is 142 Å². The molecule has 1 aromatic carbocycles. The van der Waals surface area contributed by atoms with Crippen molar-refractivity contribution in [3.63, 3.8) is 0 Å². The monoisotopic (exact) mass is 770 g/mol. The van der Waals surface area contributed by atoms with Gasteiger partial charge in [-0.2, -0.15) is 8.78 Å². The van der Waals surface area contributed by atoms with E-state index in [0.29, 0.717) is 32.3 Å². The van der Waals surface area contributed by atoms with Gasteiger partial charge in [0.25, 0.3) is 0 Å². The van der Waals surface area contributed by atoms with E-state index in [1.54, 1.807) is 6.92 Å². The van der Waals surface area contributed by atoms with Crippen LogP contribution < -0.4 is 15.4 Å². The fourth-order valence-corrected chi connectivity index (χ4v) is 6.43. The first-order valence-corrected chi connectivity index (χ1v) is 17.7. The van der Waals surface area contributed by atoms with Crippen LogP contribution in [0.2, 0.25) is 0 Å². The number of halogens is 5. The molecule has 0 aromatic heterocycles. The largest absolute Gasteiger partial charge is 0.459 e. The van der Waals surface area contributed by atoms with Crippen molar-refractivity contribution in [3.8, 4) is 5.75 Å². The van der Waals surface area contributed by atoms with E-state index in [-0.39, 0.29) is 36.5 Å². The van der Waals surface area contributed by atoms with Crippen LogP contribution in [-0.2, 0) is 38.1 Å². The second-order valence-corrected chi connectivity index (χ2v) is 14.8. The van der Waals surface area contributed by atoms with Gasteiger partial charge in [-0.15, -0.1) is 0 Å². The molecule has 0 saturated carbocycles. The zero-order valence-corrected chi connectivity index (χ0v) is 31.2. The van der Waals surface area contributed by atoms with E-state index in [2.05, 4.69) is 22.3 Å². The summed E-state index contributed by atoms with van der Waals surface area (Å²) in [4.78, 5) is 49.2. The molecule has 4 rings (SSSR count). The third-order valence-electron chi connectivity index (χ3n) is 9.49. The lowest BCUT2D eigenvalue weighted by atomic mass is 9.88. The van der Waals surface area contributed by atoms with E-state index in [1.807, 2.05) is 32.1 Å². The minimum atomic E-state index is -2.40. The standard InChI is InChI=1S/C38H47F5N2O9/c1-19(9-12-27-20(2)14-26(22(4)52-27)44-28(47)13-10-21(3)51-23(5)46)8-11-24-16-38(18-50-38)17-25(53-24)15-29(48)45-37(6,7)36(49)54-35-33(42)31(40)30(39)32(41)34(35)43/h8-11,13,20-22,24-27H,12,14-18H2,1-7H3,(H,44,47)(H,45,48)/b11-8+,13-10-,19-9+/t20-,21-,22+,24+,25+,26+,27-,38+/m0/s1. The first kappa shape index (κ1) is 42.6. The number of carbonyl (C=O) groups excluding carboxylic acids is 4. The predicted octanol–water partition coefficient (Wildman–Crippen LogP) is 5.59. The molecule has 2 amide bonds. The number of hydrogen-bond acceptors (Lipinski definition) is 9. The van der Waals surface area contributed by atoms with Crippen LogP contribution in [0.3, 0.4) is 0 Å². The molecule has 16 heteroatoms. The van der Waals surface area contributed by atoms with Crippen molar-refractivity contribution in [3.05, 3.63) is 65.0 Å². The number of ether oxygens (including phenoxy) is 5. The Kier molecular flexibility index (Phi) is 13.8. The molecular weight excluding hydrogens is 723 g/mol. The summed E-state index contributed by atoms with van der Waals surface area (Å²) in [6, 6.07) is -0.190. The molecule has 3 aliphatic heterocycles. The first-order chi connectivity index (χ1) is 25.2. The second kappa shape index (κ2) is 17.5. The number of esters is 2. The van der Waals surface area contributed by atoms with Gasteiger partial charge in [-0.1, -0.05) is 30.7 Å². The molecule has 3 aliphatic rings. The highest BCUT2D eigenvalue weighted by molar-refractivity contribution is 5.89. The van der Waals surface area contributed by atoms with E-state index in [1.165, 1.54) is 19.1 Å². The molecule has 0 unspecified atom stereocenters. The van der Waals surface area contributed by atoms with Crippen molar-refractivity contribution < 1.29 is 64.8 Å². The van der Waals surface area contributed by atoms with Gasteiger partial charge in [-0.3, -0.25) is 14.4 Å². The second-order valence-electron chi connectivity index (χ2n) is 14.8. The molecule has 1 aromatic rings. The third kappa shape index (κ3) is 11.2. The Hall–Kier alpha value is -4.15. The van der Waals surface area contributed by atoms with Crippen molar-refractivity contribution >= 4 is 23.8 Å². The van der Waals surface area contributed by atoms with Crippen LogP contribution in [0.15, 0.2) is 36.0 Å². The maximum atomic E-state index is 14.1. The number of rotatable bonds is 13. The Morgan fingerprint density at radius 2 is 1.59 bits per heavy atom. The molecule has 3 fully saturated rings. The van der Waals surface area contributed by atoms with Gasteiger partial charge in [0.15, 0.2) is 0 Å². The van der Waals surface area contributed by atoms with Crippen molar-refractivity contribution in [2.75, 3.05) is 6.61 Å². The van der Waals surface area contributed by atoms with Gasteiger partial charge >= 0.3 is 11.9 Å². The number of amides is 2. The van der Waals surface area contributed by atoms with Gasteiger partial charge < -0.3 is 34.3 Å². The molecule has 3 saturated heterocycles. The molecule has 3 heterocycles. The Bertz CT molecular complexity index is 1660. The summed E-state index contributed by atoms with van der Waals surface area (Å²) in [5.74, 6) is -16.1. The maximum Gasteiger partial charge on any atom is 0.336 e. The summed E-state index contributed by atoms with van der Waals surface area (Å²) >= 11 is 0. The van der Waals surface area contributed by atoms with Crippen LogP contribution in [0, 0.1) is 35.0 Å². The van der Waals surface area contributed by atoms with Gasteiger partial charge in [-0.05, 0) is 59.5 Å². The molecule has 54 heavy (non-hydrogen) atoms. The Morgan fingerprint density at radius 1 is 0.963 bits per heavy atom. The van der Waals surface area contributed by atoms with Gasteiger partial charge in [0.2, 0.25) is 46.6 Å².